The minimum atomic E-state index is -1.51. The molecule has 9 nitrogen and oxygen atoms in total. The fraction of sp³-hybridized carbons (Fsp3) is 0.571. The van der Waals surface area contributed by atoms with Gasteiger partial charge in [-0.25, -0.2) is 4.79 Å². The van der Waals surface area contributed by atoms with Gasteiger partial charge in [0.05, 0.1) is 11.0 Å². The van der Waals surface area contributed by atoms with Crippen molar-refractivity contribution in [1.82, 2.24) is 10.6 Å². The summed E-state index contributed by atoms with van der Waals surface area (Å²) in [5.74, 6) is -1.23. The Bertz CT molecular complexity index is 1010. The van der Waals surface area contributed by atoms with Crippen LogP contribution in [-0.2, 0) is 16.0 Å². The smallest absolute Gasteiger partial charge is 0.328 e. The van der Waals surface area contributed by atoms with Crippen molar-refractivity contribution < 1.29 is 19.3 Å². The highest BCUT2D eigenvalue weighted by Gasteiger charge is 2.70. The summed E-state index contributed by atoms with van der Waals surface area (Å²) < 4.78 is 0. The van der Waals surface area contributed by atoms with E-state index in [2.05, 4.69) is 36.3 Å². The standard InChI is InChI=1S/C21H24N4O5/c1-19(2)8-13-9-20(3,10-19)15-21(16(26)22-18(28)23-17(21)27)7-11-6-12(25(29)30)4-5-14(11)24(13)15/h4-6,13,15H,7-10H2,1-3H3,(H2,22,23,26,27,28)/t13-,15+,20+/m1/s1. The normalized spacial score (nSPS) is 32.9. The second-order valence-corrected chi connectivity index (χ2v) is 10.3. The largest absolute Gasteiger partial charge is 0.363 e. The van der Waals surface area contributed by atoms with Gasteiger partial charge in [-0.2, -0.15) is 0 Å². The summed E-state index contributed by atoms with van der Waals surface area (Å²) in [4.78, 5) is 51.5. The first-order chi connectivity index (χ1) is 14.0. The molecule has 5 rings (SSSR count). The number of hydrogen-bond acceptors (Lipinski definition) is 6. The van der Waals surface area contributed by atoms with Gasteiger partial charge in [0.2, 0.25) is 11.8 Å². The van der Waals surface area contributed by atoms with Gasteiger partial charge in [-0.05, 0) is 41.7 Å². The number of barbiturate groups is 1. The topological polar surface area (TPSA) is 122 Å². The molecule has 2 saturated heterocycles. The Morgan fingerprint density at radius 1 is 1.10 bits per heavy atom. The van der Waals surface area contributed by atoms with E-state index in [1.165, 1.54) is 12.1 Å². The van der Waals surface area contributed by atoms with Gasteiger partial charge in [0, 0.05) is 30.3 Å². The first kappa shape index (κ1) is 19.0. The number of anilines is 1. The summed E-state index contributed by atoms with van der Waals surface area (Å²) in [6.45, 7) is 6.52. The number of nitro groups is 1. The van der Waals surface area contributed by atoms with Crippen molar-refractivity contribution in [3.8, 4) is 0 Å². The number of nitrogens with one attached hydrogen (secondary N) is 2. The predicted octanol–water partition coefficient (Wildman–Crippen LogP) is 2.28. The Labute approximate surface area is 173 Å². The Morgan fingerprint density at radius 2 is 1.77 bits per heavy atom. The Hall–Kier alpha value is -2.97. The molecule has 1 saturated carbocycles. The molecule has 0 aromatic heterocycles. The van der Waals surface area contributed by atoms with Crippen LogP contribution in [0.2, 0.25) is 0 Å². The van der Waals surface area contributed by atoms with E-state index >= 15 is 0 Å². The molecule has 1 aliphatic carbocycles. The van der Waals surface area contributed by atoms with Crippen LogP contribution in [0.15, 0.2) is 18.2 Å². The van der Waals surface area contributed by atoms with Gasteiger partial charge in [0.1, 0.15) is 0 Å². The molecule has 4 amide bonds. The number of rotatable bonds is 1. The van der Waals surface area contributed by atoms with E-state index in [0.29, 0.717) is 5.56 Å². The van der Waals surface area contributed by atoms with Crippen molar-refractivity contribution >= 4 is 29.2 Å². The van der Waals surface area contributed by atoms with Gasteiger partial charge in [0.25, 0.3) is 5.69 Å². The van der Waals surface area contributed by atoms with Crippen molar-refractivity contribution in [1.29, 1.82) is 0 Å². The lowest BCUT2D eigenvalue weighted by Crippen LogP contribution is -2.72. The number of fused-ring (bicyclic) bond motifs is 8. The molecule has 2 N–H and O–H groups in total. The maximum Gasteiger partial charge on any atom is 0.328 e. The molecular formula is C21H24N4O5. The minimum absolute atomic E-state index is 0.0224. The quantitative estimate of drug-likeness (QED) is 0.415. The van der Waals surface area contributed by atoms with Crippen molar-refractivity contribution in [3.05, 3.63) is 33.9 Å². The Kier molecular flexibility index (Phi) is 3.54. The summed E-state index contributed by atoms with van der Waals surface area (Å²) in [5, 5.41) is 16.0. The molecule has 9 heteroatoms. The van der Waals surface area contributed by atoms with E-state index in [-0.39, 0.29) is 29.0 Å². The maximum atomic E-state index is 13.3. The molecule has 3 atom stereocenters. The van der Waals surface area contributed by atoms with Crippen LogP contribution < -0.4 is 15.5 Å². The van der Waals surface area contributed by atoms with Gasteiger partial charge in [-0.1, -0.05) is 20.8 Å². The van der Waals surface area contributed by atoms with E-state index in [0.717, 1.165) is 24.9 Å². The van der Waals surface area contributed by atoms with Crippen molar-refractivity contribution in [2.45, 2.75) is 58.5 Å². The number of non-ortho nitro benzene ring substituents is 1. The first-order valence-electron chi connectivity index (χ1n) is 10.2. The highest BCUT2D eigenvalue weighted by atomic mass is 16.6. The third-order valence-corrected chi connectivity index (χ3v) is 7.46. The molecule has 3 aliphatic heterocycles. The molecule has 0 radical (unpaired) electrons. The van der Waals surface area contributed by atoms with E-state index in [4.69, 9.17) is 0 Å². The first-order valence-corrected chi connectivity index (χ1v) is 10.2. The number of benzene rings is 1. The molecule has 3 fully saturated rings. The van der Waals surface area contributed by atoms with E-state index in [1.807, 2.05) is 0 Å². The second-order valence-electron chi connectivity index (χ2n) is 10.3. The zero-order valence-electron chi connectivity index (χ0n) is 17.2. The summed E-state index contributed by atoms with van der Waals surface area (Å²) >= 11 is 0. The number of amides is 4. The molecule has 3 heterocycles. The van der Waals surface area contributed by atoms with Crippen LogP contribution in [0, 0.1) is 26.4 Å². The summed E-state index contributed by atoms with van der Waals surface area (Å²) in [5.41, 5.74) is -0.451. The van der Waals surface area contributed by atoms with E-state index in [1.54, 1.807) is 6.07 Å². The van der Waals surface area contributed by atoms with E-state index < -0.39 is 34.2 Å². The van der Waals surface area contributed by atoms with Crippen LogP contribution in [0.5, 0.6) is 0 Å². The van der Waals surface area contributed by atoms with Gasteiger partial charge in [-0.3, -0.25) is 30.3 Å². The number of nitro benzene ring substituents is 1. The Balaban J connectivity index is 1.76. The minimum Gasteiger partial charge on any atom is -0.363 e. The summed E-state index contributed by atoms with van der Waals surface area (Å²) in [6.07, 6.45) is 2.59. The number of hydrogen-bond donors (Lipinski definition) is 2. The van der Waals surface area contributed by atoms with Crippen molar-refractivity contribution in [3.63, 3.8) is 0 Å². The van der Waals surface area contributed by atoms with Crippen LogP contribution in [0.3, 0.4) is 0 Å². The summed E-state index contributed by atoms with van der Waals surface area (Å²) in [6, 6.07) is 3.54. The summed E-state index contributed by atoms with van der Waals surface area (Å²) in [7, 11) is 0. The lowest BCUT2D eigenvalue weighted by molar-refractivity contribution is -0.384. The second kappa shape index (κ2) is 5.59. The molecule has 4 aliphatic rings. The molecule has 1 aromatic carbocycles. The van der Waals surface area contributed by atoms with Crippen LogP contribution >= 0.6 is 0 Å². The Morgan fingerprint density at radius 3 is 2.40 bits per heavy atom. The van der Waals surface area contributed by atoms with Crippen molar-refractivity contribution in [2.75, 3.05) is 4.90 Å². The predicted molar refractivity (Wildman–Crippen MR) is 107 cm³/mol. The van der Waals surface area contributed by atoms with Crippen LogP contribution in [0.1, 0.15) is 45.6 Å². The SMILES string of the molecule is CC1(C)C[C@@H]2C[C@@](C)(C1)[C@@H]1N2c2ccc([N+](=O)[O-])cc2CC12C(=O)NC(=O)NC2=O. The fourth-order valence-corrected chi connectivity index (χ4v) is 7.05. The zero-order valence-corrected chi connectivity index (χ0v) is 17.2. The number of urea groups is 1. The number of carbonyl (C=O) groups is 3. The zero-order chi connectivity index (χ0) is 21.6. The van der Waals surface area contributed by atoms with Gasteiger partial charge in [-0.15, -0.1) is 0 Å². The maximum absolute atomic E-state index is 13.3. The van der Waals surface area contributed by atoms with Gasteiger partial charge < -0.3 is 4.90 Å². The average molecular weight is 412 g/mol. The molecule has 30 heavy (non-hydrogen) atoms. The van der Waals surface area contributed by atoms with Crippen LogP contribution in [0.25, 0.3) is 0 Å². The number of carbonyl (C=O) groups excluding carboxylic acids is 3. The van der Waals surface area contributed by atoms with Gasteiger partial charge in [0.15, 0.2) is 5.41 Å². The highest BCUT2D eigenvalue weighted by molar-refractivity contribution is 6.20. The molecule has 1 spiro atoms. The molecule has 158 valence electrons. The third-order valence-electron chi connectivity index (χ3n) is 7.46. The van der Waals surface area contributed by atoms with E-state index in [9.17, 15) is 24.5 Å². The third kappa shape index (κ3) is 2.31. The molecule has 0 unspecified atom stereocenters. The monoisotopic (exact) mass is 412 g/mol. The average Bonchev–Trinajstić information content (AvgIpc) is 2.85. The fourth-order valence-electron chi connectivity index (χ4n) is 7.05. The lowest BCUT2D eigenvalue weighted by atomic mass is 9.56. The molecule has 1 aromatic rings. The lowest BCUT2D eigenvalue weighted by Gasteiger charge is -2.52. The number of nitrogens with zero attached hydrogens (tertiary/aromatic N) is 2. The molecular weight excluding hydrogens is 388 g/mol. The molecule has 2 bridgehead atoms. The van der Waals surface area contributed by atoms with Crippen LogP contribution in [-0.4, -0.2) is 34.9 Å². The van der Waals surface area contributed by atoms with Crippen LogP contribution in [0.4, 0.5) is 16.2 Å². The highest BCUT2D eigenvalue weighted by Crippen LogP contribution is 2.63. The van der Waals surface area contributed by atoms with Crippen molar-refractivity contribution in [2.24, 2.45) is 16.2 Å². The number of imide groups is 2. The van der Waals surface area contributed by atoms with Gasteiger partial charge >= 0.3 is 6.03 Å².